The lowest BCUT2D eigenvalue weighted by atomic mass is 9.82. The number of rotatable bonds is 6. The summed E-state index contributed by atoms with van der Waals surface area (Å²) in [6, 6.07) is 7.49. The van der Waals surface area contributed by atoms with Gasteiger partial charge >= 0.3 is 0 Å². The van der Waals surface area contributed by atoms with E-state index in [1.807, 2.05) is 24.3 Å². The van der Waals surface area contributed by atoms with Crippen molar-refractivity contribution in [1.29, 1.82) is 0 Å². The van der Waals surface area contributed by atoms with Gasteiger partial charge in [0.1, 0.15) is 11.9 Å². The number of hydrogen-bond donors (Lipinski definition) is 2. The van der Waals surface area contributed by atoms with Crippen molar-refractivity contribution in [2.75, 3.05) is 6.61 Å². The summed E-state index contributed by atoms with van der Waals surface area (Å²) in [5, 5.41) is 20.9. The van der Waals surface area contributed by atoms with E-state index in [-0.39, 0.29) is 5.92 Å². The Labute approximate surface area is 121 Å². The molecule has 0 spiro atoms. The van der Waals surface area contributed by atoms with Crippen molar-refractivity contribution in [3.63, 3.8) is 0 Å². The van der Waals surface area contributed by atoms with Crippen LogP contribution in [0.4, 0.5) is 0 Å². The van der Waals surface area contributed by atoms with E-state index in [9.17, 15) is 10.2 Å². The van der Waals surface area contributed by atoms with Crippen molar-refractivity contribution in [1.82, 2.24) is 0 Å². The van der Waals surface area contributed by atoms with Gasteiger partial charge in [0.25, 0.3) is 0 Å². The third-order valence-corrected chi connectivity index (χ3v) is 4.16. The molecule has 1 aromatic rings. The minimum atomic E-state index is -0.855. The Morgan fingerprint density at radius 1 is 1.15 bits per heavy atom. The number of aliphatic hydroxyl groups is 2. The average molecular weight is 278 g/mol. The lowest BCUT2D eigenvalue weighted by Gasteiger charge is -2.30. The standard InChI is InChI=1S/C17H26O3/c1-2-12-20-15-11-7-6-10-14(15)17(19)16(18)13-8-4-3-5-9-13/h6-7,10-11,13,16-19H,2-5,8-9,12H2,1H3. The summed E-state index contributed by atoms with van der Waals surface area (Å²) in [5.74, 6) is 0.898. The van der Waals surface area contributed by atoms with Gasteiger partial charge in [0, 0.05) is 5.56 Å². The van der Waals surface area contributed by atoms with E-state index in [2.05, 4.69) is 6.92 Å². The van der Waals surface area contributed by atoms with Gasteiger partial charge in [-0.1, -0.05) is 44.4 Å². The van der Waals surface area contributed by atoms with Crippen LogP contribution >= 0.6 is 0 Å². The van der Waals surface area contributed by atoms with E-state index in [4.69, 9.17) is 4.74 Å². The first-order valence-corrected chi connectivity index (χ1v) is 7.82. The van der Waals surface area contributed by atoms with Crippen LogP contribution in [0.2, 0.25) is 0 Å². The van der Waals surface area contributed by atoms with Crippen molar-refractivity contribution in [2.24, 2.45) is 5.92 Å². The molecule has 2 atom stereocenters. The maximum atomic E-state index is 10.5. The second kappa shape index (κ2) is 7.65. The minimum Gasteiger partial charge on any atom is -0.493 e. The van der Waals surface area contributed by atoms with Gasteiger partial charge in [-0.25, -0.2) is 0 Å². The lowest BCUT2D eigenvalue weighted by molar-refractivity contribution is -0.0296. The molecular weight excluding hydrogens is 252 g/mol. The normalized spacial score (nSPS) is 19.6. The highest BCUT2D eigenvalue weighted by atomic mass is 16.5. The summed E-state index contributed by atoms with van der Waals surface area (Å²) < 4.78 is 5.67. The van der Waals surface area contributed by atoms with Gasteiger partial charge in [-0.05, 0) is 31.2 Å². The molecule has 0 radical (unpaired) electrons. The number of ether oxygens (including phenoxy) is 1. The van der Waals surface area contributed by atoms with Gasteiger partial charge in [0.15, 0.2) is 0 Å². The van der Waals surface area contributed by atoms with E-state index >= 15 is 0 Å². The van der Waals surface area contributed by atoms with Crippen LogP contribution in [0.15, 0.2) is 24.3 Å². The Kier molecular flexibility index (Phi) is 5.86. The molecule has 0 aliphatic heterocycles. The highest BCUT2D eigenvalue weighted by molar-refractivity contribution is 5.35. The topological polar surface area (TPSA) is 49.7 Å². The van der Waals surface area contributed by atoms with Crippen molar-refractivity contribution < 1.29 is 14.9 Å². The van der Waals surface area contributed by atoms with Crippen molar-refractivity contribution in [3.05, 3.63) is 29.8 Å². The fourth-order valence-electron chi connectivity index (χ4n) is 2.99. The Hall–Kier alpha value is -1.06. The first-order chi connectivity index (χ1) is 9.74. The molecule has 0 aromatic heterocycles. The summed E-state index contributed by atoms with van der Waals surface area (Å²) in [4.78, 5) is 0. The first-order valence-electron chi connectivity index (χ1n) is 7.82. The minimum absolute atomic E-state index is 0.206. The number of para-hydroxylation sites is 1. The maximum Gasteiger partial charge on any atom is 0.125 e. The zero-order chi connectivity index (χ0) is 14.4. The highest BCUT2D eigenvalue weighted by Crippen LogP contribution is 2.35. The summed E-state index contributed by atoms with van der Waals surface area (Å²) in [5.41, 5.74) is 0.707. The van der Waals surface area contributed by atoms with Crippen molar-refractivity contribution in [3.8, 4) is 5.75 Å². The molecule has 0 saturated heterocycles. The van der Waals surface area contributed by atoms with Gasteiger partial charge in [-0.2, -0.15) is 0 Å². The predicted octanol–water partition coefficient (Wildman–Crippen LogP) is 3.45. The van der Waals surface area contributed by atoms with E-state index < -0.39 is 12.2 Å². The molecule has 3 heteroatoms. The van der Waals surface area contributed by atoms with Crippen molar-refractivity contribution in [2.45, 2.75) is 57.7 Å². The second-order valence-electron chi connectivity index (χ2n) is 5.72. The molecular formula is C17H26O3. The van der Waals surface area contributed by atoms with E-state index in [1.54, 1.807) is 0 Å². The molecule has 1 aliphatic rings. The predicted molar refractivity (Wildman–Crippen MR) is 79.8 cm³/mol. The Morgan fingerprint density at radius 3 is 2.55 bits per heavy atom. The molecule has 0 amide bonds. The molecule has 20 heavy (non-hydrogen) atoms. The SMILES string of the molecule is CCCOc1ccccc1C(O)C(O)C1CCCCC1. The third-order valence-electron chi connectivity index (χ3n) is 4.16. The summed E-state index contributed by atoms with van der Waals surface area (Å²) in [7, 11) is 0. The lowest BCUT2D eigenvalue weighted by Crippen LogP contribution is -2.29. The van der Waals surface area contributed by atoms with Crippen LogP contribution in [-0.2, 0) is 0 Å². The second-order valence-corrected chi connectivity index (χ2v) is 5.72. The van der Waals surface area contributed by atoms with E-state index in [0.717, 1.165) is 32.1 Å². The molecule has 3 nitrogen and oxygen atoms in total. The van der Waals surface area contributed by atoms with Crippen LogP contribution < -0.4 is 4.74 Å². The first kappa shape index (κ1) is 15.3. The average Bonchev–Trinajstić information content (AvgIpc) is 2.52. The fourth-order valence-corrected chi connectivity index (χ4v) is 2.99. The molecule has 2 rings (SSSR count). The fraction of sp³-hybridized carbons (Fsp3) is 0.647. The van der Waals surface area contributed by atoms with Gasteiger partial charge in [0.2, 0.25) is 0 Å². The molecule has 2 unspecified atom stereocenters. The number of benzene rings is 1. The van der Waals surface area contributed by atoms with Crippen LogP contribution in [0.25, 0.3) is 0 Å². The van der Waals surface area contributed by atoms with Crippen LogP contribution in [0.1, 0.15) is 57.1 Å². The maximum absolute atomic E-state index is 10.5. The molecule has 2 N–H and O–H groups in total. The smallest absolute Gasteiger partial charge is 0.125 e. The molecule has 1 saturated carbocycles. The van der Waals surface area contributed by atoms with Crippen molar-refractivity contribution >= 4 is 0 Å². The molecule has 1 fully saturated rings. The van der Waals surface area contributed by atoms with Gasteiger partial charge in [0.05, 0.1) is 12.7 Å². The number of hydrogen-bond acceptors (Lipinski definition) is 3. The Morgan fingerprint density at radius 2 is 1.85 bits per heavy atom. The third kappa shape index (κ3) is 3.74. The number of aliphatic hydroxyl groups excluding tert-OH is 2. The van der Waals surface area contributed by atoms with Gasteiger partial charge in [-0.3, -0.25) is 0 Å². The zero-order valence-corrected chi connectivity index (χ0v) is 12.3. The summed E-state index contributed by atoms with van der Waals surface area (Å²) in [6.07, 6.45) is 4.95. The van der Waals surface area contributed by atoms with E-state index in [0.29, 0.717) is 17.9 Å². The largest absolute Gasteiger partial charge is 0.493 e. The zero-order valence-electron chi connectivity index (χ0n) is 12.3. The summed E-state index contributed by atoms with van der Waals surface area (Å²) >= 11 is 0. The van der Waals surface area contributed by atoms with Gasteiger partial charge in [-0.15, -0.1) is 0 Å². The molecule has 112 valence electrons. The summed E-state index contributed by atoms with van der Waals surface area (Å²) in [6.45, 7) is 2.68. The van der Waals surface area contributed by atoms with E-state index in [1.165, 1.54) is 6.42 Å². The Balaban J connectivity index is 2.08. The van der Waals surface area contributed by atoms with Gasteiger partial charge < -0.3 is 14.9 Å². The van der Waals surface area contributed by atoms with Crippen LogP contribution in [0.3, 0.4) is 0 Å². The van der Waals surface area contributed by atoms with Crippen LogP contribution in [-0.4, -0.2) is 22.9 Å². The van der Waals surface area contributed by atoms with Crippen LogP contribution in [0, 0.1) is 5.92 Å². The quantitative estimate of drug-likeness (QED) is 0.838. The molecule has 0 bridgehead atoms. The molecule has 0 heterocycles. The molecule has 1 aliphatic carbocycles. The van der Waals surface area contributed by atoms with Crippen LogP contribution in [0.5, 0.6) is 5.75 Å². The Bertz CT molecular complexity index is 399. The monoisotopic (exact) mass is 278 g/mol. The molecule has 1 aromatic carbocycles. The highest BCUT2D eigenvalue weighted by Gasteiger charge is 2.30.